The Morgan fingerprint density at radius 2 is 1.68 bits per heavy atom. The van der Waals surface area contributed by atoms with Crippen LogP contribution in [0.15, 0.2) is 48.5 Å². The number of halogens is 1. The monoisotopic (exact) mass is 489 g/mol. The quantitative estimate of drug-likeness (QED) is 0.392. The number of hydrogen-bond donors (Lipinski definition) is 4. The topological polar surface area (TPSA) is 138 Å². The second kappa shape index (κ2) is 9.83. The van der Waals surface area contributed by atoms with E-state index in [1.54, 1.807) is 55.5 Å². The van der Waals surface area contributed by atoms with Crippen LogP contribution < -0.4 is 0 Å². The van der Waals surface area contributed by atoms with Crippen LogP contribution in [0, 0.1) is 6.92 Å². The summed E-state index contributed by atoms with van der Waals surface area (Å²) in [6.07, 6.45) is -7.97. The Kier molecular flexibility index (Phi) is 7.04. The van der Waals surface area contributed by atoms with Gasteiger partial charge in [0, 0.05) is 21.7 Å². The first-order valence-corrected chi connectivity index (χ1v) is 11.0. The number of fused-ring (bicyclic) bond motifs is 1. The summed E-state index contributed by atoms with van der Waals surface area (Å²) in [6.45, 7) is 1.29. The maximum Gasteiger partial charge on any atom is 0.310 e. The molecule has 2 heterocycles. The first kappa shape index (κ1) is 24.3. The van der Waals surface area contributed by atoms with Crippen molar-refractivity contribution in [2.75, 3.05) is 6.61 Å². The van der Waals surface area contributed by atoms with Crippen LogP contribution in [0.1, 0.15) is 21.6 Å². The van der Waals surface area contributed by atoms with Crippen molar-refractivity contribution in [3.63, 3.8) is 0 Å². The fourth-order valence-corrected chi connectivity index (χ4v) is 4.21. The Bertz CT molecular complexity index is 1210. The lowest BCUT2D eigenvalue weighted by molar-refractivity contribution is -0.287. The van der Waals surface area contributed by atoms with Gasteiger partial charge in [-0.05, 0) is 42.8 Å². The molecule has 4 N–H and O–H groups in total. The summed E-state index contributed by atoms with van der Waals surface area (Å²) in [5, 5.41) is 40.2. The molecule has 34 heavy (non-hydrogen) atoms. The molecule has 10 heteroatoms. The number of para-hydroxylation sites is 1. The summed E-state index contributed by atoms with van der Waals surface area (Å²) >= 11 is 5.93. The number of aromatic nitrogens is 1. The smallest absolute Gasteiger partial charge is 0.310 e. The Hall–Kier alpha value is -2.79. The van der Waals surface area contributed by atoms with E-state index in [1.165, 1.54) is 4.57 Å². The predicted molar refractivity (Wildman–Crippen MR) is 121 cm³/mol. The van der Waals surface area contributed by atoms with Gasteiger partial charge in [0.2, 0.25) is 0 Å². The molecule has 3 aromatic rings. The second-order valence-electron chi connectivity index (χ2n) is 8.13. The molecule has 0 spiro atoms. The minimum absolute atomic E-state index is 0.163. The van der Waals surface area contributed by atoms with Crippen molar-refractivity contribution in [1.82, 2.24) is 4.57 Å². The maximum absolute atomic E-state index is 13.2. The number of nitrogens with zero attached hydrogens (tertiary/aromatic N) is 1. The summed E-state index contributed by atoms with van der Waals surface area (Å²) < 4.78 is 11.8. The Labute approximate surface area is 199 Å². The molecule has 1 aromatic heterocycles. The molecule has 9 nitrogen and oxygen atoms in total. The SMILES string of the molecule is Cc1c(CC(=O)OC[C@H]2OC(O)[C@H](O)[C@@H](O)[C@@H]2O)c2ccccc2n1C(=O)c1ccc(Cl)cc1. The highest BCUT2D eigenvalue weighted by Gasteiger charge is 2.43. The van der Waals surface area contributed by atoms with Crippen LogP contribution in [0.25, 0.3) is 10.9 Å². The van der Waals surface area contributed by atoms with Gasteiger partial charge in [-0.2, -0.15) is 0 Å². The van der Waals surface area contributed by atoms with Gasteiger partial charge in [0.25, 0.3) is 5.91 Å². The van der Waals surface area contributed by atoms with Gasteiger partial charge in [0.15, 0.2) is 6.29 Å². The number of aliphatic hydroxyl groups excluding tert-OH is 4. The van der Waals surface area contributed by atoms with E-state index in [9.17, 15) is 30.0 Å². The molecule has 0 bridgehead atoms. The zero-order chi connectivity index (χ0) is 24.6. The highest BCUT2D eigenvalue weighted by molar-refractivity contribution is 6.30. The molecule has 5 atom stereocenters. The van der Waals surface area contributed by atoms with Crippen LogP contribution in [0.2, 0.25) is 5.02 Å². The highest BCUT2D eigenvalue weighted by Crippen LogP contribution is 2.28. The third-order valence-electron chi connectivity index (χ3n) is 5.95. The van der Waals surface area contributed by atoms with Crippen molar-refractivity contribution in [1.29, 1.82) is 0 Å². The van der Waals surface area contributed by atoms with Crippen LogP contribution >= 0.6 is 11.6 Å². The summed E-state index contributed by atoms with van der Waals surface area (Å²) in [5.74, 6) is -0.930. The van der Waals surface area contributed by atoms with Crippen LogP contribution in [-0.2, 0) is 20.7 Å². The molecule has 0 amide bonds. The van der Waals surface area contributed by atoms with Crippen molar-refractivity contribution >= 4 is 34.4 Å². The van der Waals surface area contributed by atoms with Crippen LogP contribution in [0.4, 0.5) is 0 Å². The molecule has 1 aliphatic heterocycles. The average Bonchev–Trinajstić information content (AvgIpc) is 3.10. The molecule has 1 unspecified atom stereocenters. The Balaban J connectivity index is 1.54. The van der Waals surface area contributed by atoms with Gasteiger partial charge >= 0.3 is 5.97 Å². The number of rotatable bonds is 5. The van der Waals surface area contributed by atoms with Crippen molar-refractivity contribution < 1.29 is 39.5 Å². The molecular formula is C24H24ClNO8. The van der Waals surface area contributed by atoms with Gasteiger partial charge < -0.3 is 29.9 Å². The Morgan fingerprint density at radius 3 is 2.38 bits per heavy atom. The Morgan fingerprint density at radius 1 is 1.00 bits per heavy atom. The van der Waals surface area contributed by atoms with E-state index >= 15 is 0 Å². The van der Waals surface area contributed by atoms with Gasteiger partial charge in [0.05, 0.1) is 11.9 Å². The van der Waals surface area contributed by atoms with Crippen molar-refractivity contribution in [3.8, 4) is 0 Å². The number of carbonyl (C=O) groups is 2. The standard InChI is InChI=1S/C24H24ClNO8/c1-12-16(10-19(27)33-11-18-20(28)21(29)22(30)24(32)34-18)15-4-2-3-5-17(15)26(12)23(31)13-6-8-14(25)9-7-13/h2-9,18,20-22,24,28-30,32H,10-11H2,1H3/t18-,20-,21+,22-,24?/m1/s1. The number of esters is 1. The van der Waals surface area contributed by atoms with E-state index in [2.05, 4.69) is 0 Å². The fraction of sp³-hybridized carbons (Fsp3) is 0.333. The molecular weight excluding hydrogens is 466 g/mol. The molecule has 1 saturated heterocycles. The van der Waals surface area contributed by atoms with Crippen molar-refractivity contribution in [2.45, 2.75) is 44.1 Å². The number of carbonyl (C=O) groups excluding carboxylic acids is 2. The third kappa shape index (κ3) is 4.58. The zero-order valence-corrected chi connectivity index (χ0v) is 18.9. The van der Waals surface area contributed by atoms with E-state index in [0.717, 1.165) is 0 Å². The molecule has 4 rings (SSSR count). The van der Waals surface area contributed by atoms with Crippen LogP contribution in [0.5, 0.6) is 0 Å². The van der Waals surface area contributed by atoms with E-state index in [1.807, 2.05) is 0 Å². The summed E-state index contributed by atoms with van der Waals surface area (Å²) in [4.78, 5) is 25.9. The van der Waals surface area contributed by atoms with E-state index in [0.29, 0.717) is 32.7 Å². The van der Waals surface area contributed by atoms with Crippen LogP contribution in [0.3, 0.4) is 0 Å². The predicted octanol–water partition coefficient (Wildman–Crippen LogP) is 1.18. The number of aliphatic hydroxyl groups is 4. The molecule has 0 saturated carbocycles. The highest BCUT2D eigenvalue weighted by atomic mass is 35.5. The lowest BCUT2D eigenvalue weighted by atomic mass is 9.99. The van der Waals surface area contributed by atoms with Gasteiger partial charge in [-0.25, -0.2) is 0 Å². The van der Waals surface area contributed by atoms with Crippen LogP contribution in [-0.4, -0.2) is 74.2 Å². The first-order valence-electron chi connectivity index (χ1n) is 10.6. The van der Waals surface area contributed by atoms with Gasteiger partial charge in [0.1, 0.15) is 31.0 Å². The summed E-state index contributed by atoms with van der Waals surface area (Å²) in [7, 11) is 0. The minimum Gasteiger partial charge on any atom is -0.463 e. The number of hydrogen-bond acceptors (Lipinski definition) is 8. The summed E-state index contributed by atoms with van der Waals surface area (Å²) in [5.41, 5.74) is 2.24. The van der Waals surface area contributed by atoms with E-state index in [-0.39, 0.29) is 12.3 Å². The number of benzene rings is 2. The largest absolute Gasteiger partial charge is 0.463 e. The van der Waals surface area contributed by atoms with Crippen molar-refractivity contribution in [3.05, 3.63) is 70.4 Å². The van der Waals surface area contributed by atoms with Gasteiger partial charge in [-0.15, -0.1) is 0 Å². The number of ether oxygens (including phenoxy) is 2. The van der Waals surface area contributed by atoms with Gasteiger partial charge in [-0.1, -0.05) is 29.8 Å². The minimum atomic E-state index is -1.72. The molecule has 1 aliphatic rings. The maximum atomic E-state index is 13.2. The third-order valence-corrected chi connectivity index (χ3v) is 6.21. The zero-order valence-electron chi connectivity index (χ0n) is 18.2. The average molecular weight is 490 g/mol. The lowest BCUT2D eigenvalue weighted by Crippen LogP contribution is -2.58. The lowest BCUT2D eigenvalue weighted by Gasteiger charge is -2.37. The molecule has 180 valence electrons. The molecule has 1 fully saturated rings. The van der Waals surface area contributed by atoms with Crippen molar-refractivity contribution in [2.24, 2.45) is 0 Å². The normalized spacial score (nSPS) is 24.8. The molecule has 2 aromatic carbocycles. The molecule has 0 aliphatic carbocycles. The second-order valence-corrected chi connectivity index (χ2v) is 8.56. The van der Waals surface area contributed by atoms with E-state index < -0.39 is 43.3 Å². The molecule has 0 radical (unpaired) electrons. The van der Waals surface area contributed by atoms with Gasteiger partial charge in [-0.3, -0.25) is 14.2 Å². The van der Waals surface area contributed by atoms with E-state index in [4.69, 9.17) is 21.1 Å². The fourth-order valence-electron chi connectivity index (χ4n) is 4.08. The first-order chi connectivity index (χ1) is 16.2. The summed E-state index contributed by atoms with van der Waals surface area (Å²) in [6, 6.07) is 13.7.